The van der Waals surface area contributed by atoms with E-state index in [9.17, 15) is 21.6 Å². The van der Waals surface area contributed by atoms with Crippen molar-refractivity contribution in [3.8, 4) is 11.6 Å². The van der Waals surface area contributed by atoms with Crippen LogP contribution < -0.4 is 9.04 Å². The predicted molar refractivity (Wildman–Crippen MR) is 118 cm³/mol. The highest BCUT2D eigenvalue weighted by Gasteiger charge is 2.32. The fourth-order valence-electron chi connectivity index (χ4n) is 3.21. The second kappa shape index (κ2) is 8.46. The topological polar surface area (TPSA) is 59.5 Å². The van der Waals surface area contributed by atoms with E-state index in [4.69, 9.17) is 4.74 Å². The Morgan fingerprint density at radius 3 is 2.25 bits per heavy atom. The lowest BCUT2D eigenvalue weighted by atomic mass is 9.86. The first-order valence-electron chi connectivity index (χ1n) is 9.68. The van der Waals surface area contributed by atoms with Gasteiger partial charge in [-0.3, -0.25) is 0 Å². The molecule has 0 radical (unpaired) electrons. The van der Waals surface area contributed by atoms with Crippen molar-refractivity contribution in [1.82, 2.24) is 4.98 Å². The fraction of sp³-hybridized carbons (Fsp3) is 0.261. The molecule has 2 aromatic carbocycles. The van der Waals surface area contributed by atoms with Crippen molar-refractivity contribution in [1.29, 1.82) is 0 Å². The summed E-state index contributed by atoms with van der Waals surface area (Å²) in [5.74, 6) is 0.421. The Kier molecular flexibility index (Phi) is 6.24. The van der Waals surface area contributed by atoms with Crippen LogP contribution in [0.2, 0.25) is 0 Å². The molecule has 5 nitrogen and oxygen atoms in total. The maximum absolute atomic E-state index is 13.2. The van der Waals surface area contributed by atoms with E-state index in [2.05, 4.69) is 4.98 Å². The van der Waals surface area contributed by atoms with E-state index in [1.807, 2.05) is 32.9 Å². The summed E-state index contributed by atoms with van der Waals surface area (Å²) in [5, 5.41) is 0. The summed E-state index contributed by atoms with van der Waals surface area (Å²) < 4.78 is 71.9. The van der Waals surface area contributed by atoms with Gasteiger partial charge in [0.1, 0.15) is 11.4 Å². The first kappa shape index (κ1) is 23.6. The monoisotopic (exact) mass is 464 g/mol. The van der Waals surface area contributed by atoms with E-state index in [0.29, 0.717) is 5.75 Å². The predicted octanol–water partition coefficient (Wildman–Crippen LogP) is 6.29. The van der Waals surface area contributed by atoms with E-state index in [0.717, 1.165) is 34.3 Å². The van der Waals surface area contributed by atoms with E-state index in [1.165, 1.54) is 24.4 Å². The van der Waals surface area contributed by atoms with Crippen LogP contribution in [-0.4, -0.2) is 19.7 Å². The van der Waals surface area contributed by atoms with Gasteiger partial charge in [-0.05, 0) is 41.8 Å². The molecule has 0 aliphatic carbocycles. The number of halogens is 3. The molecule has 0 fully saturated rings. The van der Waals surface area contributed by atoms with Crippen LogP contribution in [0.4, 0.5) is 24.5 Å². The van der Waals surface area contributed by atoms with Crippen molar-refractivity contribution in [3.63, 3.8) is 0 Å². The van der Waals surface area contributed by atoms with Gasteiger partial charge in [-0.2, -0.15) is 13.2 Å². The Morgan fingerprint density at radius 1 is 0.938 bits per heavy atom. The lowest BCUT2D eigenvalue weighted by Crippen LogP contribution is -2.25. The van der Waals surface area contributed by atoms with Crippen molar-refractivity contribution < 1.29 is 26.3 Å². The van der Waals surface area contributed by atoms with Crippen LogP contribution in [0.5, 0.6) is 11.6 Å². The molecule has 0 aliphatic heterocycles. The zero-order valence-corrected chi connectivity index (χ0v) is 18.8. The third-order valence-electron chi connectivity index (χ3n) is 4.61. The third kappa shape index (κ3) is 5.21. The summed E-state index contributed by atoms with van der Waals surface area (Å²) in [6.45, 7) is 6.00. The van der Waals surface area contributed by atoms with Gasteiger partial charge in [0.05, 0.1) is 17.5 Å². The van der Waals surface area contributed by atoms with Crippen molar-refractivity contribution in [2.45, 2.75) is 32.4 Å². The number of hydrogen-bond donors (Lipinski definition) is 0. The minimum atomic E-state index is -4.63. The number of pyridine rings is 1. The molecule has 32 heavy (non-hydrogen) atoms. The number of ether oxygens (including phenoxy) is 1. The van der Waals surface area contributed by atoms with E-state index >= 15 is 0 Å². The van der Waals surface area contributed by atoms with Crippen molar-refractivity contribution in [2.24, 2.45) is 0 Å². The molecule has 0 bridgehead atoms. The molecule has 170 valence electrons. The van der Waals surface area contributed by atoms with Crippen LogP contribution in [-0.2, 0) is 21.6 Å². The van der Waals surface area contributed by atoms with Gasteiger partial charge in [-0.1, -0.05) is 45.0 Å². The van der Waals surface area contributed by atoms with Crippen molar-refractivity contribution in [2.75, 3.05) is 10.6 Å². The van der Waals surface area contributed by atoms with Crippen LogP contribution in [0.3, 0.4) is 0 Å². The Bertz CT molecular complexity index is 1220. The smallest absolute Gasteiger partial charge is 0.416 e. The second-order valence-electron chi connectivity index (χ2n) is 8.25. The minimum absolute atomic E-state index is 0.00182. The summed E-state index contributed by atoms with van der Waals surface area (Å²) in [5.41, 5.74) is -0.555. The highest BCUT2D eigenvalue weighted by Crippen LogP contribution is 2.41. The average molecular weight is 465 g/mol. The summed E-state index contributed by atoms with van der Waals surface area (Å²) in [6, 6.07) is 14.3. The summed E-state index contributed by atoms with van der Waals surface area (Å²) in [4.78, 5) is 4.18. The minimum Gasteiger partial charge on any atom is -0.437 e. The number of alkyl halides is 3. The quantitative estimate of drug-likeness (QED) is 0.445. The van der Waals surface area contributed by atoms with E-state index in [-0.39, 0.29) is 22.7 Å². The van der Waals surface area contributed by atoms with Crippen molar-refractivity contribution in [3.05, 3.63) is 78.0 Å². The van der Waals surface area contributed by atoms with Gasteiger partial charge in [0.15, 0.2) is 0 Å². The van der Waals surface area contributed by atoms with Gasteiger partial charge in [-0.25, -0.2) is 17.7 Å². The molecular weight excluding hydrogens is 441 g/mol. The van der Waals surface area contributed by atoms with Gasteiger partial charge in [0.25, 0.3) is 0 Å². The number of hydrogen-bond acceptors (Lipinski definition) is 4. The van der Waals surface area contributed by atoms with Crippen molar-refractivity contribution >= 4 is 21.4 Å². The van der Waals surface area contributed by atoms with Gasteiger partial charge in [-0.15, -0.1) is 0 Å². The highest BCUT2D eigenvalue weighted by atomic mass is 32.2. The molecular formula is C23H23F3N2O3S. The standard InChI is InChI=1S/C23H23F3N2O3S/c1-22(2,3)18-11-5-6-13-20(18)31-21-19(12-8-14-27-21)28(32(4,29)30)17-10-7-9-16(15-17)23(24,25)26/h5-15H,1-4H3. The van der Waals surface area contributed by atoms with Gasteiger partial charge < -0.3 is 4.74 Å². The van der Waals surface area contributed by atoms with E-state index in [1.54, 1.807) is 12.1 Å². The lowest BCUT2D eigenvalue weighted by Gasteiger charge is -2.26. The molecule has 9 heteroatoms. The molecule has 0 N–H and O–H groups in total. The first-order chi connectivity index (χ1) is 14.8. The average Bonchev–Trinajstić information content (AvgIpc) is 2.68. The molecule has 0 saturated heterocycles. The van der Waals surface area contributed by atoms with Crippen LogP contribution in [0.1, 0.15) is 31.9 Å². The molecule has 3 rings (SSSR count). The Balaban J connectivity index is 2.16. The SMILES string of the molecule is CC(C)(C)c1ccccc1Oc1ncccc1N(c1cccc(C(F)(F)F)c1)S(C)(=O)=O. The molecule has 0 atom stereocenters. The van der Waals surface area contributed by atoms with Gasteiger partial charge >= 0.3 is 6.18 Å². The molecule has 3 aromatic rings. The molecule has 0 unspecified atom stereocenters. The number of sulfonamides is 1. The zero-order chi connectivity index (χ0) is 23.7. The number of aromatic nitrogens is 1. The number of anilines is 2. The third-order valence-corrected chi connectivity index (χ3v) is 5.68. The largest absolute Gasteiger partial charge is 0.437 e. The molecule has 0 saturated carbocycles. The van der Waals surface area contributed by atoms with Gasteiger partial charge in [0, 0.05) is 11.8 Å². The summed E-state index contributed by atoms with van der Waals surface area (Å²) in [7, 11) is -4.04. The molecule has 0 amide bonds. The van der Waals surface area contributed by atoms with Crippen LogP contribution in [0, 0.1) is 0 Å². The number of nitrogens with zero attached hydrogens (tertiary/aromatic N) is 2. The maximum atomic E-state index is 13.2. The van der Waals surface area contributed by atoms with E-state index < -0.39 is 21.8 Å². The summed E-state index contributed by atoms with van der Waals surface area (Å²) >= 11 is 0. The normalized spacial score (nSPS) is 12.5. The lowest BCUT2D eigenvalue weighted by molar-refractivity contribution is -0.137. The number of benzene rings is 2. The Labute approximate surface area is 185 Å². The zero-order valence-electron chi connectivity index (χ0n) is 18.0. The first-order valence-corrected chi connectivity index (χ1v) is 11.5. The second-order valence-corrected chi connectivity index (χ2v) is 10.1. The molecule has 0 aliphatic rings. The summed E-state index contributed by atoms with van der Waals surface area (Å²) in [6.07, 6.45) is -2.29. The maximum Gasteiger partial charge on any atom is 0.416 e. The van der Waals surface area contributed by atoms with Gasteiger partial charge in [0.2, 0.25) is 15.9 Å². The van der Waals surface area contributed by atoms with Crippen LogP contribution >= 0.6 is 0 Å². The molecule has 1 heterocycles. The Morgan fingerprint density at radius 2 is 1.62 bits per heavy atom. The highest BCUT2D eigenvalue weighted by molar-refractivity contribution is 7.92. The molecule has 1 aromatic heterocycles. The van der Waals surface area contributed by atoms with Crippen LogP contribution in [0.15, 0.2) is 66.9 Å². The number of para-hydroxylation sites is 1. The van der Waals surface area contributed by atoms with Crippen LogP contribution in [0.25, 0.3) is 0 Å². The molecule has 0 spiro atoms. The number of rotatable bonds is 5. The fourth-order valence-corrected chi connectivity index (χ4v) is 4.21. The Hall–Kier alpha value is -3.07.